The zero-order chi connectivity index (χ0) is 14.9. The second kappa shape index (κ2) is 8.97. The van der Waals surface area contributed by atoms with Gasteiger partial charge in [-0.05, 0) is 43.6 Å². The molecule has 5 nitrogen and oxygen atoms in total. The summed E-state index contributed by atoms with van der Waals surface area (Å²) in [5.74, 6) is 0.978. The first-order valence-electron chi connectivity index (χ1n) is 8.06. The summed E-state index contributed by atoms with van der Waals surface area (Å²) in [6.07, 6.45) is 4.17. The second-order valence-corrected chi connectivity index (χ2v) is 5.67. The zero-order valence-corrected chi connectivity index (χ0v) is 13.1. The van der Waals surface area contributed by atoms with Crippen molar-refractivity contribution in [3.63, 3.8) is 0 Å². The highest BCUT2D eigenvalue weighted by Crippen LogP contribution is 2.12. The number of β-amino-alcohol motifs (C(OH)–C–C–N with tert-alkyl or cyclic N) is 1. The molecule has 1 aromatic rings. The molecule has 0 bridgehead atoms. The van der Waals surface area contributed by atoms with Crippen LogP contribution >= 0.6 is 0 Å². The lowest BCUT2D eigenvalue weighted by molar-refractivity contribution is 0.196. The van der Waals surface area contributed by atoms with E-state index >= 15 is 0 Å². The van der Waals surface area contributed by atoms with Gasteiger partial charge in [0.1, 0.15) is 5.82 Å². The first kappa shape index (κ1) is 16.2. The van der Waals surface area contributed by atoms with Gasteiger partial charge in [0, 0.05) is 38.9 Å². The van der Waals surface area contributed by atoms with Crippen LogP contribution in [0.25, 0.3) is 0 Å². The first-order valence-corrected chi connectivity index (χ1v) is 8.06. The van der Waals surface area contributed by atoms with Gasteiger partial charge in [-0.1, -0.05) is 6.92 Å². The Morgan fingerprint density at radius 3 is 2.86 bits per heavy atom. The van der Waals surface area contributed by atoms with Crippen LogP contribution < -0.4 is 5.32 Å². The molecule has 0 spiro atoms. The smallest absolute Gasteiger partial charge is 0.126 e. The van der Waals surface area contributed by atoms with E-state index in [9.17, 15) is 0 Å². The fourth-order valence-corrected chi connectivity index (χ4v) is 2.73. The van der Waals surface area contributed by atoms with E-state index in [0.717, 1.165) is 58.1 Å². The number of aliphatic hydroxyl groups excluding tert-OH is 1. The molecule has 1 aromatic heterocycles. The van der Waals surface area contributed by atoms with Crippen molar-refractivity contribution in [2.45, 2.75) is 26.3 Å². The van der Waals surface area contributed by atoms with E-state index in [4.69, 9.17) is 5.11 Å². The van der Waals surface area contributed by atoms with Gasteiger partial charge in [-0.3, -0.25) is 9.80 Å². The van der Waals surface area contributed by atoms with Crippen molar-refractivity contribution in [2.75, 3.05) is 51.2 Å². The van der Waals surface area contributed by atoms with E-state index in [1.54, 1.807) is 0 Å². The first-order chi connectivity index (χ1) is 10.3. The van der Waals surface area contributed by atoms with Gasteiger partial charge in [0.15, 0.2) is 0 Å². The van der Waals surface area contributed by atoms with Crippen LogP contribution in [0.1, 0.15) is 25.3 Å². The quantitative estimate of drug-likeness (QED) is 0.796. The number of aromatic nitrogens is 1. The largest absolute Gasteiger partial charge is 0.395 e. The fourth-order valence-electron chi connectivity index (χ4n) is 2.73. The van der Waals surface area contributed by atoms with Gasteiger partial charge < -0.3 is 10.4 Å². The number of aliphatic hydroxyl groups is 1. The standard InChI is InChI=1S/C16H28N4O/c1-2-5-17-16-13-15(4-6-18-16)14-20-8-3-7-19(9-10-20)11-12-21/h4,6,13,21H,2-3,5,7-12,14H2,1H3,(H,17,18). The molecule has 0 atom stereocenters. The van der Waals surface area contributed by atoms with Crippen molar-refractivity contribution >= 4 is 5.82 Å². The third-order valence-corrected chi connectivity index (χ3v) is 3.88. The summed E-state index contributed by atoms with van der Waals surface area (Å²) in [6.45, 7) is 9.51. The van der Waals surface area contributed by atoms with Gasteiger partial charge >= 0.3 is 0 Å². The van der Waals surface area contributed by atoms with E-state index < -0.39 is 0 Å². The van der Waals surface area contributed by atoms with Crippen molar-refractivity contribution < 1.29 is 5.11 Å². The van der Waals surface area contributed by atoms with Gasteiger partial charge in [-0.2, -0.15) is 0 Å². The van der Waals surface area contributed by atoms with Crippen LogP contribution in [0.2, 0.25) is 0 Å². The molecule has 0 saturated carbocycles. The SMILES string of the molecule is CCCNc1cc(CN2CCCN(CCO)CC2)ccn1. The summed E-state index contributed by atoms with van der Waals surface area (Å²) in [4.78, 5) is 9.20. The van der Waals surface area contributed by atoms with Crippen molar-refractivity contribution in [1.29, 1.82) is 0 Å². The summed E-state index contributed by atoms with van der Waals surface area (Å²) in [5.41, 5.74) is 1.32. The van der Waals surface area contributed by atoms with Gasteiger partial charge in [0.25, 0.3) is 0 Å². The van der Waals surface area contributed by atoms with E-state index in [1.165, 1.54) is 12.0 Å². The maximum Gasteiger partial charge on any atom is 0.126 e. The van der Waals surface area contributed by atoms with Gasteiger partial charge in [-0.15, -0.1) is 0 Å². The molecule has 21 heavy (non-hydrogen) atoms. The molecule has 0 aliphatic carbocycles. The van der Waals surface area contributed by atoms with Crippen LogP contribution in [0.15, 0.2) is 18.3 Å². The van der Waals surface area contributed by atoms with Crippen LogP contribution in [-0.2, 0) is 6.54 Å². The number of pyridine rings is 1. The molecule has 1 saturated heterocycles. The third-order valence-electron chi connectivity index (χ3n) is 3.88. The van der Waals surface area contributed by atoms with E-state index in [1.807, 2.05) is 6.20 Å². The Labute approximate surface area is 128 Å². The minimum absolute atomic E-state index is 0.261. The molecule has 5 heteroatoms. The van der Waals surface area contributed by atoms with E-state index in [2.05, 4.69) is 39.2 Å². The average molecular weight is 292 g/mol. The molecule has 1 aliphatic rings. The zero-order valence-electron chi connectivity index (χ0n) is 13.1. The normalized spacial score (nSPS) is 17.6. The van der Waals surface area contributed by atoms with Crippen LogP contribution in [0, 0.1) is 0 Å². The Hall–Kier alpha value is -1.17. The molecule has 0 aromatic carbocycles. The third kappa shape index (κ3) is 5.61. The number of nitrogens with one attached hydrogen (secondary N) is 1. The minimum Gasteiger partial charge on any atom is -0.395 e. The van der Waals surface area contributed by atoms with E-state index in [-0.39, 0.29) is 6.61 Å². The lowest BCUT2D eigenvalue weighted by atomic mass is 10.2. The molecule has 118 valence electrons. The number of anilines is 1. The predicted molar refractivity (Wildman–Crippen MR) is 86.4 cm³/mol. The Morgan fingerprint density at radius 1 is 1.24 bits per heavy atom. The van der Waals surface area contributed by atoms with Crippen molar-refractivity contribution in [3.8, 4) is 0 Å². The predicted octanol–water partition coefficient (Wildman–Crippen LogP) is 1.40. The lowest BCUT2D eigenvalue weighted by Gasteiger charge is -2.21. The van der Waals surface area contributed by atoms with E-state index in [0.29, 0.717) is 0 Å². The number of nitrogens with zero attached hydrogens (tertiary/aromatic N) is 3. The molecule has 2 N–H and O–H groups in total. The van der Waals surface area contributed by atoms with Crippen molar-refractivity contribution in [2.24, 2.45) is 0 Å². The number of hydrogen-bond acceptors (Lipinski definition) is 5. The topological polar surface area (TPSA) is 51.6 Å². The van der Waals surface area contributed by atoms with Gasteiger partial charge in [0.05, 0.1) is 6.61 Å². The second-order valence-electron chi connectivity index (χ2n) is 5.67. The highest BCUT2D eigenvalue weighted by molar-refractivity contribution is 5.37. The molecule has 0 amide bonds. The molecule has 2 rings (SSSR count). The van der Waals surface area contributed by atoms with Crippen LogP contribution in [0.3, 0.4) is 0 Å². The summed E-state index contributed by atoms with van der Waals surface area (Å²) in [6, 6.07) is 4.26. The van der Waals surface area contributed by atoms with Gasteiger partial charge in [-0.25, -0.2) is 4.98 Å². The lowest BCUT2D eigenvalue weighted by Crippen LogP contribution is -2.32. The highest BCUT2D eigenvalue weighted by Gasteiger charge is 2.14. The minimum atomic E-state index is 0.261. The Kier molecular flexibility index (Phi) is 6.92. The monoisotopic (exact) mass is 292 g/mol. The maximum atomic E-state index is 9.04. The number of hydrogen-bond donors (Lipinski definition) is 2. The highest BCUT2D eigenvalue weighted by atomic mass is 16.3. The van der Waals surface area contributed by atoms with Crippen molar-refractivity contribution in [3.05, 3.63) is 23.9 Å². The molecule has 0 unspecified atom stereocenters. The molecule has 1 aliphatic heterocycles. The fraction of sp³-hybridized carbons (Fsp3) is 0.688. The van der Waals surface area contributed by atoms with Crippen LogP contribution in [0.4, 0.5) is 5.82 Å². The molecule has 1 fully saturated rings. The Morgan fingerprint density at radius 2 is 2.05 bits per heavy atom. The summed E-state index contributed by atoms with van der Waals surface area (Å²) < 4.78 is 0. The molecule has 0 radical (unpaired) electrons. The van der Waals surface area contributed by atoms with Crippen molar-refractivity contribution in [1.82, 2.24) is 14.8 Å². The molecule has 2 heterocycles. The number of rotatable bonds is 7. The van der Waals surface area contributed by atoms with Crippen LogP contribution in [0.5, 0.6) is 0 Å². The summed E-state index contributed by atoms with van der Waals surface area (Å²) in [5, 5.41) is 12.4. The molecular weight excluding hydrogens is 264 g/mol. The Bertz CT molecular complexity index is 413. The summed E-state index contributed by atoms with van der Waals surface area (Å²) in [7, 11) is 0. The summed E-state index contributed by atoms with van der Waals surface area (Å²) >= 11 is 0. The van der Waals surface area contributed by atoms with Crippen LogP contribution in [-0.4, -0.2) is 65.8 Å². The van der Waals surface area contributed by atoms with Gasteiger partial charge in [0.2, 0.25) is 0 Å². The maximum absolute atomic E-state index is 9.04. The molecular formula is C16H28N4O. The Balaban J connectivity index is 1.86. The average Bonchev–Trinajstić information content (AvgIpc) is 2.72.